The Balaban J connectivity index is 1.99. The van der Waals surface area contributed by atoms with Crippen LogP contribution in [0.2, 0.25) is 0 Å². The average molecular weight is 226 g/mol. The van der Waals surface area contributed by atoms with Gasteiger partial charge in [0.25, 0.3) is 0 Å². The summed E-state index contributed by atoms with van der Waals surface area (Å²) in [4.78, 5) is 2.66. The number of hydrogen-bond donors (Lipinski definition) is 1. The summed E-state index contributed by atoms with van der Waals surface area (Å²) in [6.45, 7) is 13.2. The van der Waals surface area contributed by atoms with Gasteiger partial charge in [-0.25, -0.2) is 0 Å². The maximum Gasteiger partial charge on any atom is 0.000957 e. The molecule has 1 unspecified atom stereocenters. The Labute approximate surface area is 102 Å². The Kier molecular flexibility index (Phi) is 7.06. The van der Waals surface area contributed by atoms with Gasteiger partial charge in [0.2, 0.25) is 0 Å². The fourth-order valence-corrected chi connectivity index (χ4v) is 2.51. The van der Waals surface area contributed by atoms with Crippen molar-refractivity contribution in [3.63, 3.8) is 0 Å². The Morgan fingerprint density at radius 3 is 2.88 bits per heavy atom. The van der Waals surface area contributed by atoms with Crippen molar-refractivity contribution in [2.45, 2.75) is 46.5 Å². The van der Waals surface area contributed by atoms with E-state index in [-0.39, 0.29) is 0 Å². The maximum absolute atomic E-state index is 3.52. The summed E-state index contributed by atoms with van der Waals surface area (Å²) < 4.78 is 0. The number of nitrogens with zero attached hydrogens (tertiary/aromatic N) is 1. The Morgan fingerprint density at radius 2 is 2.19 bits per heavy atom. The highest BCUT2D eigenvalue weighted by molar-refractivity contribution is 4.72. The van der Waals surface area contributed by atoms with Crippen molar-refractivity contribution in [1.29, 1.82) is 0 Å². The first-order chi connectivity index (χ1) is 7.72. The molecular formula is C14H30N2. The van der Waals surface area contributed by atoms with Gasteiger partial charge in [-0.15, -0.1) is 0 Å². The lowest BCUT2D eigenvalue weighted by Crippen LogP contribution is -2.37. The summed E-state index contributed by atoms with van der Waals surface area (Å²) in [7, 11) is 0. The van der Waals surface area contributed by atoms with Gasteiger partial charge >= 0.3 is 0 Å². The van der Waals surface area contributed by atoms with Gasteiger partial charge in [0.15, 0.2) is 0 Å². The van der Waals surface area contributed by atoms with Crippen LogP contribution >= 0.6 is 0 Å². The zero-order valence-electron chi connectivity index (χ0n) is 11.5. The highest BCUT2D eigenvalue weighted by Crippen LogP contribution is 2.18. The monoisotopic (exact) mass is 226 g/mol. The molecule has 1 rings (SSSR count). The van der Waals surface area contributed by atoms with Crippen molar-refractivity contribution in [2.24, 2.45) is 11.8 Å². The van der Waals surface area contributed by atoms with Crippen LogP contribution in [0.25, 0.3) is 0 Å². The molecule has 96 valence electrons. The zero-order valence-corrected chi connectivity index (χ0v) is 11.5. The van der Waals surface area contributed by atoms with Gasteiger partial charge in [-0.1, -0.05) is 27.2 Å². The predicted octanol–water partition coefficient (Wildman–Crippen LogP) is 2.74. The lowest BCUT2D eigenvalue weighted by molar-refractivity contribution is 0.170. The largest absolute Gasteiger partial charge is 0.316 e. The van der Waals surface area contributed by atoms with E-state index in [0.717, 1.165) is 18.4 Å². The van der Waals surface area contributed by atoms with E-state index in [1.165, 1.54) is 51.9 Å². The molecule has 1 saturated heterocycles. The van der Waals surface area contributed by atoms with Crippen LogP contribution in [0.3, 0.4) is 0 Å². The van der Waals surface area contributed by atoms with Crippen LogP contribution in [0, 0.1) is 11.8 Å². The second kappa shape index (κ2) is 8.08. The quantitative estimate of drug-likeness (QED) is 0.672. The Hall–Kier alpha value is -0.0800. The summed E-state index contributed by atoms with van der Waals surface area (Å²) in [5.74, 6) is 1.75. The van der Waals surface area contributed by atoms with Crippen molar-refractivity contribution in [1.82, 2.24) is 10.2 Å². The summed E-state index contributed by atoms with van der Waals surface area (Å²) in [6.07, 6.45) is 5.54. The highest BCUT2D eigenvalue weighted by Gasteiger charge is 2.17. The lowest BCUT2D eigenvalue weighted by atomic mass is 9.95. The van der Waals surface area contributed by atoms with Crippen LogP contribution < -0.4 is 5.32 Å². The molecule has 1 atom stereocenters. The van der Waals surface area contributed by atoms with Gasteiger partial charge in [-0.05, 0) is 57.3 Å². The minimum Gasteiger partial charge on any atom is -0.316 e. The van der Waals surface area contributed by atoms with Crippen LogP contribution in [-0.2, 0) is 0 Å². The summed E-state index contributed by atoms with van der Waals surface area (Å²) in [5.41, 5.74) is 0. The smallest absolute Gasteiger partial charge is 0.000957 e. The standard InChI is InChI=1S/C14H30N2/c1-4-14-7-5-9-16(12-14)10-6-8-15-11-13(2)3/h13-15H,4-12H2,1-3H3. The van der Waals surface area contributed by atoms with Crippen molar-refractivity contribution in [3.8, 4) is 0 Å². The molecule has 1 aliphatic heterocycles. The number of hydrogen-bond acceptors (Lipinski definition) is 2. The molecule has 1 heterocycles. The molecule has 0 aromatic carbocycles. The zero-order chi connectivity index (χ0) is 11.8. The van der Waals surface area contributed by atoms with Gasteiger partial charge in [0.1, 0.15) is 0 Å². The van der Waals surface area contributed by atoms with Crippen LogP contribution in [0.15, 0.2) is 0 Å². The molecule has 0 radical (unpaired) electrons. The van der Waals surface area contributed by atoms with Gasteiger partial charge in [0.05, 0.1) is 0 Å². The minimum atomic E-state index is 0.777. The molecular weight excluding hydrogens is 196 g/mol. The molecule has 0 saturated carbocycles. The van der Waals surface area contributed by atoms with E-state index >= 15 is 0 Å². The Bertz CT molecular complexity index is 168. The number of piperidine rings is 1. The summed E-state index contributed by atoms with van der Waals surface area (Å²) in [6, 6.07) is 0. The van der Waals surface area contributed by atoms with Gasteiger partial charge in [-0.3, -0.25) is 0 Å². The van der Waals surface area contributed by atoms with Crippen molar-refractivity contribution >= 4 is 0 Å². The predicted molar refractivity (Wildman–Crippen MR) is 71.8 cm³/mol. The third-order valence-electron chi connectivity index (χ3n) is 3.56. The number of rotatable bonds is 7. The summed E-state index contributed by atoms with van der Waals surface area (Å²) in [5, 5.41) is 3.52. The van der Waals surface area contributed by atoms with Crippen molar-refractivity contribution < 1.29 is 0 Å². The van der Waals surface area contributed by atoms with E-state index in [2.05, 4.69) is 31.0 Å². The van der Waals surface area contributed by atoms with Gasteiger partial charge < -0.3 is 10.2 Å². The molecule has 2 heteroatoms. The molecule has 2 nitrogen and oxygen atoms in total. The second-order valence-corrected chi connectivity index (χ2v) is 5.67. The maximum atomic E-state index is 3.52. The lowest BCUT2D eigenvalue weighted by Gasteiger charge is -2.32. The molecule has 1 fully saturated rings. The van der Waals surface area contributed by atoms with Crippen LogP contribution in [0.5, 0.6) is 0 Å². The SMILES string of the molecule is CCC1CCCN(CCCNCC(C)C)C1. The second-order valence-electron chi connectivity index (χ2n) is 5.67. The fraction of sp³-hybridized carbons (Fsp3) is 1.00. The average Bonchev–Trinajstić information content (AvgIpc) is 2.28. The normalized spacial score (nSPS) is 22.9. The highest BCUT2D eigenvalue weighted by atomic mass is 15.1. The first-order valence-electron chi connectivity index (χ1n) is 7.15. The molecule has 1 aliphatic rings. The third kappa shape index (κ3) is 5.86. The molecule has 0 spiro atoms. The molecule has 0 aromatic heterocycles. The molecule has 0 bridgehead atoms. The molecule has 16 heavy (non-hydrogen) atoms. The first kappa shape index (κ1) is 14.0. The molecule has 0 amide bonds. The summed E-state index contributed by atoms with van der Waals surface area (Å²) >= 11 is 0. The molecule has 1 N–H and O–H groups in total. The van der Waals surface area contributed by atoms with E-state index in [1.807, 2.05) is 0 Å². The third-order valence-corrected chi connectivity index (χ3v) is 3.56. The van der Waals surface area contributed by atoms with Crippen LogP contribution in [0.1, 0.15) is 46.5 Å². The number of likely N-dealkylation sites (tertiary alicyclic amines) is 1. The minimum absolute atomic E-state index is 0.777. The van der Waals surface area contributed by atoms with Gasteiger partial charge in [-0.2, -0.15) is 0 Å². The topological polar surface area (TPSA) is 15.3 Å². The van der Waals surface area contributed by atoms with E-state index < -0.39 is 0 Å². The molecule has 0 aromatic rings. The van der Waals surface area contributed by atoms with E-state index in [4.69, 9.17) is 0 Å². The van der Waals surface area contributed by atoms with Crippen molar-refractivity contribution in [3.05, 3.63) is 0 Å². The first-order valence-corrected chi connectivity index (χ1v) is 7.15. The van der Waals surface area contributed by atoms with Gasteiger partial charge in [0, 0.05) is 6.54 Å². The number of nitrogens with one attached hydrogen (secondary N) is 1. The Morgan fingerprint density at radius 1 is 1.38 bits per heavy atom. The molecule has 0 aliphatic carbocycles. The fourth-order valence-electron chi connectivity index (χ4n) is 2.51. The van der Waals surface area contributed by atoms with E-state index in [1.54, 1.807) is 0 Å². The van der Waals surface area contributed by atoms with Crippen molar-refractivity contribution in [2.75, 3.05) is 32.7 Å². The van der Waals surface area contributed by atoms with Crippen LogP contribution in [0.4, 0.5) is 0 Å². The van der Waals surface area contributed by atoms with E-state index in [9.17, 15) is 0 Å². The van der Waals surface area contributed by atoms with E-state index in [0.29, 0.717) is 0 Å². The van der Waals surface area contributed by atoms with Crippen LogP contribution in [-0.4, -0.2) is 37.6 Å².